The highest BCUT2D eigenvalue weighted by atomic mass is 19.1. The van der Waals surface area contributed by atoms with Crippen molar-refractivity contribution in [2.24, 2.45) is 0 Å². The second-order valence-electron chi connectivity index (χ2n) is 6.05. The highest BCUT2D eigenvalue weighted by Crippen LogP contribution is 2.35. The summed E-state index contributed by atoms with van der Waals surface area (Å²) in [4.78, 5) is 14.1. The lowest BCUT2D eigenvalue weighted by Gasteiger charge is -2.34. The zero-order valence-electron chi connectivity index (χ0n) is 11.6. The number of nitrogens with zero attached hydrogens (tertiary/aromatic N) is 1. The van der Waals surface area contributed by atoms with Crippen molar-refractivity contribution in [2.45, 2.75) is 58.2 Å². The molecule has 0 saturated carbocycles. The van der Waals surface area contributed by atoms with E-state index in [1.807, 2.05) is 26.0 Å². The minimum absolute atomic E-state index is 0.0967. The third kappa shape index (κ3) is 2.32. The number of hydrogen-bond donors (Lipinski definition) is 0. The summed E-state index contributed by atoms with van der Waals surface area (Å²) in [5.74, 6) is 0.316. The molecule has 2 unspecified atom stereocenters. The summed E-state index contributed by atoms with van der Waals surface area (Å²) in [5.41, 5.74) is 2.61. The van der Waals surface area contributed by atoms with Crippen LogP contribution in [0.15, 0.2) is 12.1 Å². The normalized spacial score (nSPS) is 27.0. The van der Waals surface area contributed by atoms with Crippen molar-refractivity contribution >= 4 is 5.78 Å². The van der Waals surface area contributed by atoms with Gasteiger partial charge in [0, 0.05) is 31.5 Å². The van der Waals surface area contributed by atoms with Gasteiger partial charge in [-0.2, -0.15) is 0 Å². The molecule has 3 heteroatoms. The lowest BCUT2D eigenvalue weighted by Crippen LogP contribution is -2.42. The van der Waals surface area contributed by atoms with Gasteiger partial charge in [0.05, 0.1) is 0 Å². The number of Topliss-reactive ketones (excluding diaryl/α,β-unsaturated/α-hetero) is 1. The van der Waals surface area contributed by atoms with Crippen LogP contribution in [0.25, 0.3) is 0 Å². The maximum atomic E-state index is 13.6. The van der Waals surface area contributed by atoms with Crippen molar-refractivity contribution in [1.82, 2.24) is 4.90 Å². The molecule has 0 N–H and O–H groups in total. The Morgan fingerprint density at radius 3 is 2.21 bits per heavy atom. The quantitative estimate of drug-likeness (QED) is 0.815. The minimum atomic E-state index is -0.0967. The van der Waals surface area contributed by atoms with Gasteiger partial charge in [0.1, 0.15) is 11.6 Å². The lowest BCUT2D eigenvalue weighted by molar-refractivity contribution is -0.123. The van der Waals surface area contributed by atoms with E-state index in [-0.39, 0.29) is 5.82 Å². The average molecular weight is 261 g/mol. The molecule has 1 aromatic rings. The van der Waals surface area contributed by atoms with Crippen molar-refractivity contribution < 1.29 is 9.18 Å². The van der Waals surface area contributed by atoms with E-state index in [0.717, 1.165) is 30.5 Å². The maximum Gasteiger partial charge on any atom is 0.136 e. The molecule has 19 heavy (non-hydrogen) atoms. The van der Waals surface area contributed by atoms with Crippen molar-refractivity contribution in [2.75, 3.05) is 0 Å². The molecule has 0 amide bonds. The molecule has 2 atom stereocenters. The van der Waals surface area contributed by atoms with E-state index < -0.39 is 0 Å². The van der Waals surface area contributed by atoms with Crippen LogP contribution in [0, 0.1) is 19.7 Å². The molecule has 2 heterocycles. The fraction of sp³-hybridized carbons (Fsp3) is 0.562. The average Bonchev–Trinajstić information content (AvgIpc) is 2.59. The van der Waals surface area contributed by atoms with Gasteiger partial charge < -0.3 is 0 Å². The third-order valence-electron chi connectivity index (χ3n) is 4.56. The Bertz CT molecular complexity index is 486. The number of carbonyl (C=O) groups excluding carboxylic acids is 1. The van der Waals surface area contributed by atoms with E-state index in [1.165, 1.54) is 5.56 Å². The summed E-state index contributed by atoms with van der Waals surface area (Å²) in [5, 5.41) is 0. The Kier molecular flexibility index (Phi) is 3.17. The number of ketones is 1. The molecule has 102 valence electrons. The van der Waals surface area contributed by atoms with Crippen LogP contribution in [0.3, 0.4) is 0 Å². The maximum absolute atomic E-state index is 13.6. The predicted octanol–water partition coefficient (Wildman–Crippen LogP) is 3.14. The van der Waals surface area contributed by atoms with Gasteiger partial charge in [0.2, 0.25) is 0 Å². The number of benzene rings is 1. The smallest absolute Gasteiger partial charge is 0.136 e. The molecule has 0 radical (unpaired) electrons. The van der Waals surface area contributed by atoms with Crippen LogP contribution in [0.2, 0.25) is 0 Å². The first-order valence-electron chi connectivity index (χ1n) is 7.07. The van der Waals surface area contributed by atoms with Gasteiger partial charge in [-0.05, 0) is 43.4 Å². The summed E-state index contributed by atoms with van der Waals surface area (Å²) in [7, 11) is 0. The molecule has 0 spiro atoms. The van der Waals surface area contributed by atoms with Gasteiger partial charge in [-0.25, -0.2) is 4.39 Å². The van der Waals surface area contributed by atoms with Crippen LogP contribution >= 0.6 is 0 Å². The lowest BCUT2D eigenvalue weighted by atomic mass is 9.99. The summed E-state index contributed by atoms with van der Waals surface area (Å²) >= 11 is 0. The third-order valence-corrected chi connectivity index (χ3v) is 4.56. The fourth-order valence-electron chi connectivity index (χ4n) is 3.66. The first kappa shape index (κ1) is 12.8. The van der Waals surface area contributed by atoms with Gasteiger partial charge in [-0.3, -0.25) is 9.69 Å². The monoisotopic (exact) mass is 261 g/mol. The summed E-state index contributed by atoms with van der Waals surface area (Å²) in [6, 6.07) is 4.71. The van der Waals surface area contributed by atoms with Gasteiger partial charge in [0.25, 0.3) is 0 Å². The number of halogens is 1. The molecule has 2 aliphatic heterocycles. The Morgan fingerprint density at radius 1 is 1.16 bits per heavy atom. The van der Waals surface area contributed by atoms with Gasteiger partial charge in [-0.1, -0.05) is 12.1 Å². The van der Waals surface area contributed by atoms with Crippen LogP contribution in [0.1, 0.15) is 42.4 Å². The zero-order valence-corrected chi connectivity index (χ0v) is 11.6. The summed E-state index contributed by atoms with van der Waals surface area (Å²) in [6.07, 6.45) is 3.68. The Hall–Kier alpha value is -1.22. The number of carbonyl (C=O) groups is 1. The molecule has 2 fully saturated rings. The number of hydrogen-bond acceptors (Lipinski definition) is 2. The van der Waals surface area contributed by atoms with Gasteiger partial charge in [0.15, 0.2) is 0 Å². The highest BCUT2D eigenvalue weighted by molar-refractivity contribution is 5.80. The molecular weight excluding hydrogens is 241 g/mol. The van der Waals surface area contributed by atoms with Crippen molar-refractivity contribution in [1.29, 1.82) is 0 Å². The zero-order chi connectivity index (χ0) is 13.6. The first-order chi connectivity index (χ1) is 9.04. The van der Waals surface area contributed by atoms with E-state index in [1.54, 1.807) is 0 Å². The van der Waals surface area contributed by atoms with Crippen molar-refractivity contribution in [3.8, 4) is 0 Å². The predicted molar refractivity (Wildman–Crippen MR) is 72.5 cm³/mol. The number of fused-ring (bicyclic) bond motifs is 2. The van der Waals surface area contributed by atoms with Crippen LogP contribution in [0.4, 0.5) is 4.39 Å². The number of piperidine rings is 1. The van der Waals surface area contributed by atoms with Crippen LogP contribution in [0.5, 0.6) is 0 Å². The molecule has 2 nitrogen and oxygen atoms in total. The van der Waals surface area contributed by atoms with E-state index >= 15 is 0 Å². The Balaban J connectivity index is 1.81. The van der Waals surface area contributed by atoms with Gasteiger partial charge in [-0.15, -0.1) is 0 Å². The van der Waals surface area contributed by atoms with Crippen molar-refractivity contribution in [3.63, 3.8) is 0 Å². The standard InChI is InChI=1S/C16H20FNO/c1-10-5-12(6-11(2)16(10)17)9-18-13-3-4-14(18)8-15(19)7-13/h5-6,13-14H,3-4,7-9H2,1-2H3. The van der Waals surface area contributed by atoms with E-state index in [0.29, 0.717) is 30.7 Å². The number of rotatable bonds is 2. The second-order valence-corrected chi connectivity index (χ2v) is 6.05. The van der Waals surface area contributed by atoms with E-state index in [4.69, 9.17) is 0 Å². The molecule has 0 aromatic heterocycles. The van der Waals surface area contributed by atoms with Gasteiger partial charge >= 0.3 is 0 Å². The molecular formula is C16H20FNO. The molecule has 2 bridgehead atoms. The molecule has 3 rings (SSSR count). The molecule has 2 aliphatic rings. The van der Waals surface area contributed by atoms with Crippen LogP contribution < -0.4 is 0 Å². The molecule has 1 aromatic carbocycles. The topological polar surface area (TPSA) is 20.3 Å². The Labute approximate surface area is 113 Å². The molecule has 0 aliphatic carbocycles. The van der Waals surface area contributed by atoms with E-state index in [2.05, 4.69) is 4.90 Å². The summed E-state index contributed by atoms with van der Waals surface area (Å²) in [6.45, 7) is 4.49. The Morgan fingerprint density at radius 2 is 1.68 bits per heavy atom. The fourth-order valence-corrected chi connectivity index (χ4v) is 3.66. The minimum Gasteiger partial charge on any atom is -0.300 e. The van der Waals surface area contributed by atoms with Crippen LogP contribution in [-0.2, 0) is 11.3 Å². The van der Waals surface area contributed by atoms with E-state index in [9.17, 15) is 9.18 Å². The largest absolute Gasteiger partial charge is 0.300 e. The first-order valence-corrected chi connectivity index (χ1v) is 7.07. The van der Waals surface area contributed by atoms with Crippen LogP contribution in [-0.4, -0.2) is 22.8 Å². The second kappa shape index (κ2) is 4.71. The van der Waals surface area contributed by atoms with Crippen molar-refractivity contribution in [3.05, 3.63) is 34.6 Å². The highest BCUT2D eigenvalue weighted by Gasteiger charge is 2.39. The summed E-state index contributed by atoms with van der Waals surface area (Å²) < 4.78 is 13.6. The molecule has 2 saturated heterocycles. The SMILES string of the molecule is Cc1cc(CN2C3CCC2CC(=O)C3)cc(C)c1F. The number of aryl methyl sites for hydroxylation is 2.